The Morgan fingerprint density at radius 1 is 1.14 bits per heavy atom. The van der Waals surface area contributed by atoms with Gasteiger partial charge >= 0.3 is 0 Å². The number of H-pyrrole nitrogens is 1. The zero-order valence-electron chi connectivity index (χ0n) is 13.0. The number of nitrogens with zero attached hydrogens (tertiary/aromatic N) is 2. The third kappa shape index (κ3) is 3.09. The lowest BCUT2D eigenvalue weighted by Crippen LogP contribution is -2.00. The van der Waals surface area contributed by atoms with Crippen LogP contribution < -0.4 is 0 Å². The van der Waals surface area contributed by atoms with Gasteiger partial charge in [0, 0.05) is 17.2 Å². The van der Waals surface area contributed by atoms with E-state index in [2.05, 4.69) is 29.0 Å². The summed E-state index contributed by atoms with van der Waals surface area (Å²) in [5.74, 6) is 1.21. The van der Waals surface area contributed by atoms with E-state index < -0.39 is 0 Å². The van der Waals surface area contributed by atoms with Gasteiger partial charge in [-0.2, -0.15) is 0 Å². The van der Waals surface area contributed by atoms with Gasteiger partial charge in [0.25, 0.3) is 0 Å². The van der Waals surface area contributed by atoms with E-state index in [4.69, 9.17) is 16.6 Å². The number of imidazole rings is 1. The third-order valence-corrected chi connectivity index (χ3v) is 4.55. The van der Waals surface area contributed by atoms with Crippen molar-refractivity contribution in [3.8, 4) is 0 Å². The highest BCUT2D eigenvalue weighted by Gasteiger charge is 2.15. The fraction of sp³-hybridized carbons (Fsp3) is 0.444. The Labute approximate surface area is 136 Å². The fourth-order valence-electron chi connectivity index (χ4n) is 3.04. The van der Waals surface area contributed by atoms with Crippen molar-refractivity contribution in [1.82, 2.24) is 15.0 Å². The number of pyridine rings is 1. The van der Waals surface area contributed by atoms with Crippen molar-refractivity contribution in [3.63, 3.8) is 0 Å². The van der Waals surface area contributed by atoms with E-state index >= 15 is 0 Å². The molecule has 3 nitrogen and oxygen atoms in total. The lowest BCUT2D eigenvalue weighted by Gasteiger charge is -2.13. The first-order valence-electron chi connectivity index (χ1n) is 8.09. The standard InChI is InChI=1S/C18H22ClN3/c1-13(8-4-2-3-7-11-19)16-18-17(20-12-21-18)14-9-5-6-10-15(14)22-16/h5-6,9-10,12-13H,2-4,7-8,11H2,1H3,(H,20,21). The molecule has 3 rings (SSSR count). The second-order valence-electron chi connectivity index (χ2n) is 5.93. The Morgan fingerprint density at radius 3 is 2.82 bits per heavy atom. The molecule has 1 aromatic carbocycles. The van der Waals surface area contributed by atoms with E-state index in [1.54, 1.807) is 6.33 Å². The zero-order valence-corrected chi connectivity index (χ0v) is 13.7. The molecule has 3 aromatic rings. The molecule has 4 heteroatoms. The number of rotatable bonds is 7. The molecule has 0 aliphatic carbocycles. The monoisotopic (exact) mass is 315 g/mol. The summed E-state index contributed by atoms with van der Waals surface area (Å²) in [5.41, 5.74) is 4.30. The number of hydrogen-bond donors (Lipinski definition) is 1. The summed E-state index contributed by atoms with van der Waals surface area (Å²) < 4.78 is 0. The van der Waals surface area contributed by atoms with Crippen molar-refractivity contribution >= 4 is 33.5 Å². The number of fused-ring (bicyclic) bond motifs is 3. The minimum Gasteiger partial charge on any atom is -0.343 e. The van der Waals surface area contributed by atoms with Gasteiger partial charge in [0.15, 0.2) is 0 Å². The molecule has 1 atom stereocenters. The number of hydrogen-bond acceptors (Lipinski definition) is 2. The quantitative estimate of drug-likeness (QED) is 0.468. The van der Waals surface area contributed by atoms with Crippen molar-refractivity contribution in [2.45, 2.75) is 44.9 Å². The van der Waals surface area contributed by atoms with Crippen LogP contribution in [0.5, 0.6) is 0 Å². The molecule has 0 saturated heterocycles. The highest BCUT2D eigenvalue weighted by molar-refractivity contribution is 6.17. The first-order valence-corrected chi connectivity index (χ1v) is 8.62. The summed E-state index contributed by atoms with van der Waals surface area (Å²) in [4.78, 5) is 12.7. The SMILES string of the molecule is CC(CCCCCCCl)c1nc2ccccc2c2nc[nH]c12. The van der Waals surface area contributed by atoms with Gasteiger partial charge < -0.3 is 4.98 Å². The first kappa shape index (κ1) is 15.3. The summed E-state index contributed by atoms with van der Waals surface area (Å²) in [6, 6.07) is 8.23. The third-order valence-electron chi connectivity index (χ3n) is 4.28. The van der Waals surface area contributed by atoms with E-state index in [9.17, 15) is 0 Å². The summed E-state index contributed by atoms with van der Waals surface area (Å²) in [7, 11) is 0. The largest absolute Gasteiger partial charge is 0.343 e. The molecule has 0 spiro atoms. The number of unbranched alkanes of at least 4 members (excludes halogenated alkanes) is 3. The maximum Gasteiger partial charge on any atom is 0.0995 e. The van der Waals surface area contributed by atoms with Crippen LogP contribution in [-0.4, -0.2) is 20.8 Å². The predicted octanol–water partition coefficient (Wildman–Crippen LogP) is 5.40. The van der Waals surface area contributed by atoms with Crippen molar-refractivity contribution in [3.05, 3.63) is 36.3 Å². The fourth-order valence-corrected chi connectivity index (χ4v) is 3.23. The second kappa shape index (κ2) is 7.10. The molecule has 0 saturated carbocycles. The average molecular weight is 316 g/mol. The molecular weight excluding hydrogens is 294 g/mol. The van der Waals surface area contributed by atoms with Gasteiger partial charge in [-0.25, -0.2) is 4.98 Å². The summed E-state index contributed by atoms with van der Waals surface area (Å²) in [6.07, 6.45) is 7.74. The Kier molecular flexibility index (Phi) is 4.94. The normalized spacial score (nSPS) is 13.0. The number of aromatic amines is 1. The number of halogens is 1. The smallest absolute Gasteiger partial charge is 0.0995 e. The van der Waals surface area contributed by atoms with Crippen LogP contribution in [0.1, 0.15) is 50.6 Å². The Morgan fingerprint density at radius 2 is 1.95 bits per heavy atom. The van der Waals surface area contributed by atoms with Crippen molar-refractivity contribution in [1.29, 1.82) is 0 Å². The van der Waals surface area contributed by atoms with Gasteiger partial charge in [-0.1, -0.05) is 44.4 Å². The molecule has 0 aliphatic rings. The second-order valence-corrected chi connectivity index (χ2v) is 6.31. The Bertz CT molecular complexity index is 750. The van der Waals surface area contributed by atoms with Crippen LogP contribution in [0.3, 0.4) is 0 Å². The van der Waals surface area contributed by atoms with Crippen LogP contribution in [-0.2, 0) is 0 Å². The maximum atomic E-state index is 5.73. The van der Waals surface area contributed by atoms with Crippen molar-refractivity contribution < 1.29 is 0 Å². The lowest BCUT2D eigenvalue weighted by molar-refractivity contribution is 0.576. The average Bonchev–Trinajstić information content (AvgIpc) is 3.03. The maximum absolute atomic E-state index is 5.73. The topological polar surface area (TPSA) is 41.6 Å². The zero-order chi connectivity index (χ0) is 15.4. The molecule has 0 aliphatic heterocycles. The molecule has 1 N–H and O–H groups in total. The van der Waals surface area contributed by atoms with Gasteiger partial charge in [0.2, 0.25) is 0 Å². The number of nitrogens with one attached hydrogen (secondary N) is 1. The molecule has 0 fully saturated rings. The van der Waals surface area contributed by atoms with Gasteiger partial charge in [0.1, 0.15) is 0 Å². The lowest BCUT2D eigenvalue weighted by atomic mass is 9.97. The molecule has 1 unspecified atom stereocenters. The minimum absolute atomic E-state index is 0.434. The van der Waals surface area contributed by atoms with Crippen LogP contribution in [0.2, 0.25) is 0 Å². The van der Waals surface area contributed by atoms with Crippen LogP contribution >= 0.6 is 11.6 Å². The summed E-state index contributed by atoms with van der Waals surface area (Å²) in [6.45, 7) is 2.26. The van der Waals surface area contributed by atoms with Gasteiger partial charge in [-0.05, 0) is 18.9 Å². The highest BCUT2D eigenvalue weighted by atomic mass is 35.5. The van der Waals surface area contributed by atoms with Gasteiger partial charge in [-0.3, -0.25) is 4.98 Å². The Hall–Kier alpha value is -1.61. The number of para-hydroxylation sites is 1. The summed E-state index contributed by atoms with van der Waals surface area (Å²) >= 11 is 5.73. The van der Waals surface area contributed by atoms with Gasteiger partial charge in [-0.15, -0.1) is 11.6 Å². The van der Waals surface area contributed by atoms with E-state index in [-0.39, 0.29) is 0 Å². The molecule has 2 aromatic heterocycles. The molecule has 0 amide bonds. The van der Waals surface area contributed by atoms with E-state index in [0.29, 0.717) is 5.92 Å². The number of aromatic nitrogens is 3. The minimum atomic E-state index is 0.434. The highest BCUT2D eigenvalue weighted by Crippen LogP contribution is 2.30. The van der Waals surface area contributed by atoms with Gasteiger partial charge in [0.05, 0.1) is 28.6 Å². The molecule has 116 valence electrons. The van der Waals surface area contributed by atoms with Crippen LogP contribution in [0, 0.1) is 0 Å². The first-order chi connectivity index (χ1) is 10.8. The van der Waals surface area contributed by atoms with Crippen LogP contribution in [0.15, 0.2) is 30.6 Å². The molecule has 2 heterocycles. The molecule has 0 radical (unpaired) electrons. The van der Waals surface area contributed by atoms with E-state index in [1.165, 1.54) is 19.3 Å². The van der Waals surface area contributed by atoms with Crippen molar-refractivity contribution in [2.24, 2.45) is 0 Å². The molecule has 0 bridgehead atoms. The molecule has 22 heavy (non-hydrogen) atoms. The van der Waals surface area contributed by atoms with E-state index in [1.807, 2.05) is 12.1 Å². The Balaban J connectivity index is 1.84. The number of benzene rings is 1. The van der Waals surface area contributed by atoms with E-state index in [0.717, 1.165) is 46.4 Å². The van der Waals surface area contributed by atoms with Crippen LogP contribution in [0.25, 0.3) is 21.9 Å². The van der Waals surface area contributed by atoms with Crippen molar-refractivity contribution in [2.75, 3.05) is 5.88 Å². The number of alkyl halides is 1. The predicted molar refractivity (Wildman–Crippen MR) is 93.6 cm³/mol. The molecular formula is C18H22ClN3. The van der Waals surface area contributed by atoms with Crippen LogP contribution in [0.4, 0.5) is 0 Å². The summed E-state index contributed by atoms with van der Waals surface area (Å²) in [5, 5.41) is 1.12.